The molecule has 0 aliphatic carbocycles. The smallest absolute Gasteiger partial charge is 0.245 e. The van der Waals surface area contributed by atoms with Crippen LogP contribution < -0.4 is 79.0 Å². The molecule has 2 fully saturated rings. The molecule has 2 aliphatic heterocycles. The number of unbranched alkanes of at least 4 members (excludes halogenated alkanes) is 5. The number of para-hydroxylation sites is 1. The quantitative estimate of drug-likeness (QED) is 0.00928. The lowest BCUT2D eigenvalue weighted by molar-refractivity contribution is -0.142. The first kappa shape index (κ1) is 89.9. The molecule has 0 radical (unpaired) electrons. The Labute approximate surface area is 646 Å². The molecule has 5 rings (SSSR count). The summed E-state index contributed by atoms with van der Waals surface area (Å²) in [7, 11) is 0. The summed E-state index contributed by atoms with van der Waals surface area (Å²) in [5.74, 6) is -6.49. The number of rotatable bonds is 49. The van der Waals surface area contributed by atoms with E-state index in [1.165, 1.54) is 48.2 Å². The van der Waals surface area contributed by atoms with Crippen LogP contribution in [0.5, 0.6) is 0 Å². The van der Waals surface area contributed by atoms with Gasteiger partial charge in [-0.1, -0.05) is 96.5 Å². The van der Waals surface area contributed by atoms with Crippen LogP contribution in [0.3, 0.4) is 0 Å². The van der Waals surface area contributed by atoms with Crippen molar-refractivity contribution in [3.05, 3.63) is 54.2 Å². The number of nitrogens with zero attached hydrogens (tertiary/aromatic N) is 6. The van der Waals surface area contributed by atoms with Gasteiger partial charge in [-0.2, -0.15) is 10.5 Å². The van der Waals surface area contributed by atoms with E-state index in [1.54, 1.807) is 24.4 Å². The van der Waals surface area contributed by atoms with Crippen LogP contribution in [0.4, 0.5) is 0 Å². The van der Waals surface area contributed by atoms with Gasteiger partial charge in [0.25, 0.3) is 0 Å². The van der Waals surface area contributed by atoms with Crippen molar-refractivity contribution in [3.8, 4) is 12.4 Å². The van der Waals surface area contributed by atoms with E-state index in [0.717, 1.165) is 37.2 Å². The minimum atomic E-state index is -1.79. The molecule has 600 valence electrons. The molecule has 1 aromatic carbocycles. The van der Waals surface area contributed by atoms with E-state index in [2.05, 4.69) is 98.2 Å². The summed E-state index contributed by atoms with van der Waals surface area (Å²) in [4.78, 5) is 176. The van der Waals surface area contributed by atoms with Crippen LogP contribution in [0.25, 0.3) is 10.9 Å². The van der Waals surface area contributed by atoms with Crippen LogP contribution in [-0.2, 0) is 65.6 Å². The van der Waals surface area contributed by atoms with Gasteiger partial charge >= 0.3 is 0 Å². The number of fused-ring (bicyclic) bond motifs is 1. The molecule has 2 aliphatic rings. The summed E-state index contributed by atoms with van der Waals surface area (Å²) < 4.78 is 6.07. The largest absolute Gasteiger partial charge is 0.394 e. The van der Waals surface area contributed by atoms with E-state index in [9.17, 15) is 58.8 Å². The molecule has 19 N–H and O–H groups in total. The standard InChI is InChI=1S/C72H113N23O12S2/c1-8-10-33-108-93-71(81-41-73)78-30-18-14-23-51(87-68(105)58(40-96)92-66(103)56(36-47-38-80-50-22-13-12-21-49(47)50)90-67(104)57(37-48-39-76-43-83-48)91-64(101)53-27-28-60(97)85-53)62(99)86-52(24-15-19-31-79-72(82-42-74)94-109-34-11-9-2)63(100)89-55(35-44(3)4)65(102)88-54(25-16-17-29-77-45(5)6)70(107)95-32-20-26-59(95)69(106)84-46(7)61(75)98/h12-13,21-22,38-39,43-46,51-59,77,80,96H,8-11,14-20,23-37,40H2,1-7H3,(H2,75,98)(H,76,83)(H,84,106)(H,85,97)(H,86,99)(H,87,105)(H,88,102)(H,89,100)(H,90,104)(H,91,101)(H,92,103)(H2,78,81,93)(H2,79,82,94)/t46-,51+,52-,53+,54+,55+,56+,57+,58+,59+/m1/s1. The van der Waals surface area contributed by atoms with E-state index in [4.69, 9.17) is 5.73 Å². The number of carbonyl (C=O) groups is 11. The van der Waals surface area contributed by atoms with Gasteiger partial charge in [-0.25, -0.2) is 4.98 Å². The maximum atomic E-state index is 15.2. The first-order chi connectivity index (χ1) is 52.4. The highest BCUT2D eigenvalue weighted by atomic mass is 32.2. The average Bonchev–Trinajstić information content (AvgIpc) is 1.73. The van der Waals surface area contributed by atoms with Crippen LogP contribution in [0, 0.1) is 28.8 Å². The second kappa shape index (κ2) is 49.4. The molecule has 4 heterocycles. The van der Waals surface area contributed by atoms with Crippen LogP contribution in [0.2, 0.25) is 0 Å². The van der Waals surface area contributed by atoms with Gasteiger partial charge in [0.05, 0.1) is 12.9 Å². The molecule has 2 saturated heterocycles. The Morgan fingerprint density at radius 2 is 1.19 bits per heavy atom. The molecule has 10 atom stereocenters. The lowest BCUT2D eigenvalue weighted by Gasteiger charge is -2.31. The van der Waals surface area contributed by atoms with Gasteiger partial charge < -0.3 is 78.9 Å². The van der Waals surface area contributed by atoms with Gasteiger partial charge in [-0.05, 0) is 127 Å². The number of H-pyrrole nitrogens is 2. The van der Waals surface area contributed by atoms with Crippen molar-refractivity contribution in [3.63, 3.8) is 0 Å². The van der Waals surface area contributed by atoms with Crippen molar-refractivity contribution >= 4 is 112 Å². The van der Waals surface area contributed by atoms with E-state index in [1.807, 2.05) is 60.0 Å². The molecule has 109 heavy (non-hydrogen) atoms. The van der Waals surface area contributed by atoms with Gasteiger partial charge in [0.2, 0.25) is 76.9 Å². The van der Waals surface area contributed by atoms with Gasteiger partial charge in [-0.3, -0.25) is 82.8 Å². The van der Waals surface area contributed by atoms with Gasteiger partial charge in [0.15, 0.2) is 12.4 Å². The molecule has 3 aromatic rings. The van der Waals surface area contributed by atoms with Crippen molar-refractivity contribution in [1.82, 2.24) is 93.1 Å². The number of amides is 11. The summed E-state index contributed by atoms with van der Waals surface area (Å²) in [6, 6.07) is -5.59. The summed E-state index contributed by atoms with van der Waals surface area (Å²) in [5.41, 5.74) is 7.18. The van der Waals surface area contributed by atoms with Crippen LogP contribution in [-0.4, -0.2) is 213 Å². The molecule has 0 bridgehead atoms. The molecule has 0 unspecified atom stereocenters. The summed E-state index contributed by atoms with van der Waals surface area (Å²) in [6.07, 6.45) is 14.7. The van der Waals surface area contributed by atoms with E-state index in [0.29, 0.717) is 54.4 Å². The monoisotopic (exact) mass is 1560 g/mol. The molecule has 0 spiro atoms. The number of guanidine groups is 2. The summed E-state index contributed by atoms with van der Waals surface area (Å²) >= 11 is 2.72. The Hall–Kier alpha value is -9.72. The molecule has 35 nitrogen and oxygen atoms in total. The highest BCUT2D eigenvalue weighted by Crippen LogP contribution is 2.23. The fourth-order valence-corrected chi connectivity index (χ4v) is 13.6. The topological polar surface area (TPSA) is 522 Å². The second-order valence-corrected chi connectivity index (χ2v) is 29.5. The summed E-state index contributed by atoms with van der Waals surface area (Å²) in [6.45, 7) is 13.2. The van der Waals surface area contributed by atoms with Gasteiger partial charge in [-0.15, -0.1) is 0 Å². The fourth-order valence-electron chi connectivity index (χ4n) is 12.0. The number of nitrogens with one attached hydrogen (secondary N) is 16. The number of nitriles is 2. The van der Waals surface area contributed by atoms with Crippen LogP contribution in [0.15, 0.2) is 53.0 Å². The number of aliphatic imine (C=N–C) groups is 2. The Kier molecular flexibility index (Phi) is 40.7. The molecular weight excluding hydrogens is 1440 g/mol. The SMILES string of the molecule is CCCCSNC(=NCCCC[C@H](NC(=O)[C@H](CO)NC(=O)[C@H](Cc1c[nH]c2ccccc12)NC(=O)[C@H](Cc1cnc[nH]1)NC(=O)[C@@H]1CCC(=O)N1)C(=O)N[C@H](CCCCN=C(NC#N)NSCCCC)C(=O)N[C@@H](CC(C)C)C(=O)N[C@@H](CCCCNC(C)C)C(=O)N1CCC[C@H]1C(=O)N[C@H](C)C(N)=O)NC#N. The number of primary amides is 1. The zero-order valence-electron chi connectivity index (χ0n) is 63.6. The number of imidazole rings is 1. The number of benzene rings is 1. The number of hydrogen-bond acceptors (Lipinski definition) is 20. The number of aliphatic hydroxyl groups is 1. The third-order valence-corrected chi connectivity index (χ3v) is 19.7. The molecule has 37 heteroatoms. The van der Waals surface area contributed by atoms with Crippen molar-refractivity contribution in [2.24, 2.45) is 21.6 Å². The Balaban J connectivity index is 1.50. The highest BCUT2D eigenvalue weighted by molar-refractivity contribution is 7.98. The normalized spacial score (nSPS) is 16.5. The zero-order chi connectivity index (χ0) is 79.6. The van der Waals surface area contributed by atoms with Crippen molar-refractivity contribution in [2.45, 2.75) is 243 Å². The maximum Gasteiger partial charge on any atom is 0.245 e. The van der Waals surface area contributed by atoms with Crippen molar-refractivity contribution < 1.29 is 57.8 Å². The van der Waals surface area contributed by atoms with Crippen molar-refractivity contribution in [1.29, 1.82) is 10.5 Å². The number of aromatic nitrogens is 3. The predicted molar refractivity (Wildman–Crippen MR) is 415 cm³/mol. The lowest BCUT2D eigenvalue weighted by Crippen LogP contribution is -2.61. The number of nitrogens with two attached hydrogens (primary N) is 1. The number of aromatic amines is 2. The molecule has 0 saturated carbocycles. The number of likely N-dealkylation sites (tertiary alicyclic amines) is 1. The molecule has 11 amide bonds. The Morgan fingerprint density at radius 1 is 0.651 bits per heavy atom. The van der Waals surface area contributed by atoms with Crippen molar-refractivity contribution in [2.75, 3.05) is 44.3 Å². The third kappa shape index (κ3) is 32.2. The maximum absolute atomic E-state index is 15.2. The zero-order valence-corrected chi connectivity index (χ0v) is 65.2. The predicted octanol–water partition coefficient (Wildman–Crippen LogP) is 0.806. The minimum absolute atomic E-state index is 0.0494. The number of carbonyl (C=O) groups excluding carboxylic acids is 11. The van der Waals surface area contributed by atoms with E-state index in [-0.39, 0.29) is 126 Å². The second-order valence-electron chi connectivity index (χ2n) is 27.7. The molecular formula is C72H113N23O12S2. The highest BCUT2D eigenvalue weighted by Gasteiger charge is 2.41. The first-order valence-electron chi connectivity index (χ1n) is 37.7. The minimum Gasteiger partial charge on any atom is -0.394 e. The van der Waals surface area contributed by atoms with E-state index < -0.39 is 126 Å². The van der Waals surface area contributed by atoms with Gasteiger partial charge in [0.1, 0.15) is 60.4 Å². The van der Waals surface area contributed by atoms with Gasteiger partial charge in [0, 0.05) is 85.4 Å². The third-order valence-electron chi connectivity index (χ3n) is 18.0. The first-order valence-corrected chi connectivity index (χ1v) is 39.7. The summed E-state index contributed by atoms with van der Waals surface area (Å²) in [5, 5.41) is 63.6. The Bertz CT molecular complexity index is 3580. The van der Waals surface area contributed by atoms with Crippen LogP contribution >= 0.6 is 23.9 Å². The fraction of sp³-hybridized carbons (Fsp3) is 0.639. The molecule has 2 aromatic heterocycles. The van der Waals surface area contributed by atoms with Crippen LogP contribution in [0.1, 0.15) is 175 Å². The average molecular weight is 1560 g/mol. The number of aliphatic hydroxyl groups excluding tert-OH is 1. The lowest BCUT2D eigenvalue weighted by atomic mass is 10.00. The number of hydrogen-bond donors (Lipinski definition) is 18. The Morgan fingerprint density at radius 3 is 1.74 bits per heavy atom. The van der Waals surface area contributed by atoms with E-state index >= 15 is 9.59 Å².